The summed E-state index contributed by atoms with van der Waals surface area (Å²) in [4.78, 5) is 0. The molecule has 0 spiro atoms. The van der Waals surface area contributed by atoms with Gasteiger partial charge in [-0.05, 0) is 0 Å². The minimum Gasteiger partial charge on any atom is -0.412 e. The van der Waals surface area contributed by atoms with E-state index in [1.165, 1.54) is 0 Å². The average molecular weight is 98.1 g/mol. The summed E-state index contributed by atoms with van der Waals surface area (Å²) in [6.45, 7) is 0. The molecule has 2 nitrogen and oxygen atoms in total. The van der Waals surface area contributed by atoms with Crippen LogP contribution in [0.1, 0.15) is 0 Å². The van der Waals surface area contributed by atoms with Gasteiger partial charge in [0.2, 0.25) is 0 Å². The minimum absolute atomic E-state index is 0. The molecule has 0 bridgehead atoms. The first-order valence-electron chi connectivity index (χ1n) is 0. The topological polar surface area (TPSA) is 63.0 Å². The maximum absolute atomic E-state index is 0. The van der Waals surface area contributed by atoms with Gasteiger partial charge in [-0.15, -0.1) is 0 Å². The molecule has 4 heteroatoms. The van der Waals surface area contributed by atoms with E-state index in [1.54, 1.807) is 0 Å². The van der Waals surface area contributed by atoms with Crippen LogP contribution in [0.15, 0.2) is 0 Å². The number of rotatable bonds is 0. The SMILES string of the molecule is O.O.[K+].[Na+]. The molecule has 0 saturated heterocycles. The first kappa shape index (κ1) is 31.0. The zero-order valence-corrected chi connectivity index (χ0v) is 8.12. The van der Waals surface area contributed by atoms with Gasteiger partial charge >= 0.3 is 80.9 Å². The van der Waals surface area contributed by atoms with Crippen molar-refractivity contribution in [1.29, 1.82) is 0 Å². The molecule has 0 amide bonds. The summed E-state index contributed by atoms with van der Waals surface area (Å²) in [5.41, 5.74) is 0. The van der Waals surface area contributed by atoms with E-state index in [0.29, 0.717) is 0 Å². The Labute approximate surface area is 89.7 Å². The van der Waals surface area contributed by atoms with Crippen LogP contribution < -0.4 is 80.9 Å². The van der Waals surface area contributed by atoms with Gasteiger partial charge in [0.1, 0.15) is 0 Å². The van der Waals surface area contributed by atoms with Gasteiger partial charge in [0.25, 0.3) is 0 Å². The van der Waals surface area contributed by atoms with Crippen molar-refractivity contribution in [3.05, 3.63) is 0 Å². The third-order valence-electron chi connectivity index (χ3n) is 0. The Kier molecular flexibility index (Phi) is 137. The maximum Gasteiger partial charge on any atom is 1.00 e. The second-order valence-electron chi connectivity index (χ2n) is 0. The van der Waals surface area contributed by atoms with Gasteiger partial charge in [0.15, 0.2) is 0 Å². The molecular weight excluding hydrogens is 94.1 g/mol. The van der Waals surface area contributed by atoms with Crippen molar-refractivity contribution >= 4 is 0 Å². The van der Waals surface area contributed by atoms with Crippen LogP contribution in [0.25, 0.3) is 0 Å². The van der Waals surface area contributed by atoms with Crippen LogP contribution in [0.3, 0.4) is 0 Å². The third-order valence-corrected chi connectivity index (χ3v) is 0. The maximum atomic E-state index is 0. The summed E-state index contributed by atoms with van der Waals surface area (Å²) in [7, 11) is 0. The second-order valence-corrected chi connectivity index (χ2v) is 0. The van der Waals surface area contributed by atoms with Gasteiger partial charge in [-0.2, -0.15) is 0 Å². The normalized spacial score (nSPS) is 0. The van der Waals surface area contributed by atoms with E-state index in [2.05, 4.69) is 0 Å². The summed E-state index contributed by atoms with van der Waals surface area (Å²) in [6.07, 6.45) is 0. The Morgan fingerprint density at radius 1 is 0.750 bits per heavy atom. The van der Waals surface area contributed by atoms with Crippen LogP contribution >= 0.6 is 0 Å². The molecule has 16 valence electrons. The molecule has 0 aromatic rings. The first-order chi connectivity index (χ1) is 0. The Hall–Kier alpha value is 2.56. The zero-order valence-electron chi connectivity index (χ0n) is 3.00. The molecule has 0 fully saturated rings. The molecule has 0 unspecified atom stereocenters. The zero-order chi connectivity index (χ0) is 0. The first-order valence-corrected chi connectivity index (χ1v) is 0. The van der Waals surface area contributed by atoms with E-state index < -0.39 is 0 Å². The molecule has 0 rings (SSSR count). The molecule has 0 aromatic heterocycles. The van der Waals surface area contributed by atoms with Gasteiger partial charge in [-0.25, -0.2) is 0 Å². The second kappa shape index (κ2) is 17.7. The molecule has 0 aliphatic heterocycles. The summed E-state index contributed by atoms with van der Waals surface area (Å²) in [6, 6.07) is 0. The molecule has 4 heavy (non-hydrogen) atoms. The standard InChI is InChI=1S/K.Na.2H2O/h;;2*1H2/q2*+1;;. The minimum atomic E-state index is 0. The van der Waals surface area contributed by atoms with Crippen LogP contribution in [0.5, 0.6) is 0 Å². The predicted molar refractivity (Wildman–Crippen MR) is 7.23 cm³/mol. The molecule has 0 atom stereocenters. The number of hydrogen-bond donors (Lipinski definition) is 0. The van der Waals surface area contributed by atoms with Gasteiger partial charge in [-0.3, -0.25) is 0 Å². The fraction of sp³-hybridized carbons (Fsp3) is 0. The smallest absolute Gasteiger partial charge is 0.412 e. The van der Waals surface area contributed by atoms with Gasteiger partial charge in [0, 0.05) is 0 Å². The molecule has 0 saturated carbocycles. The van der Waals surface area contributed by atoms with Crippen molar-refractivity contribution < 1.29 is 91.9 Å². The van der Waals surface area contributed by atoms with Crippen LogP contribution in [-0.2, 0) is 0 Å². The van der Waals surface area contributed by atoms with E-state index in [9.17, 15) is 0 Å². The Bertz CT molecular complexity index is 6.00. The van der Waals surface area contributed by atoms with Crippen molar-refractivity contribution in [2.24, 2.45) is 0 Å². The fourth-order valence-electron chi connectivity index (χ4n) is 0. The molecule has 0 aliphatic rings. The van der Waals surface area contributed by atoms with Crippen LogP contribution in [0.4, 0.5) is 0 Å². The molecular formula is H4KNaO2+2. The Morgan fingerprint density at radius 2 is 0.750 bits per heavy atom. The third kappa shape index (κ3) is 8.82. The van der Waals surface area contributed by atoms with E-state index >= 15 is 0 Å². The van der Waals surface area contributed by atoms with Crippen molar-refractivity contribution in [3.63, 3.8) is 0 Å². The fourth-order valence-corrected chi connectivity index (χ4v) is 0. The van der Waals surface area contributed by atoms with Crippen LogP contribution in [0, 0.1) is 0 Å². The Morgan fingerprint density at radius 3 is 0.750 bits per heavy atom. The quantitative estimate of drug-likeness (QED) is 0.270. The number of hydrogen-bond acceptors (Lipinski definition) is 0. The van der Waals surface area contributed by atoms with Gasteiger partial charge < -0.3 is 11.0 Å². The molecule has 0 radical (unpaired) electrons. The van der Waals surface area contributed by atoms with Crippen LogP contribution in [0.2, 0.25) is 0 Å². The molecule has 0 aliphatic carbocycles. The summed E-state index contributed by atoms with van der Waals surface area (Å²) >= 11 is 0. The van der Waals surface area contributed by atoms with Crippen molar-refractivity contribution in [3.8, 4) is 0 Å². The molecule has 0 heterocycles. The summed E-state index contributed by atoms with van der Waals surface area (Å²) < 4.78 is 0. The molecule has 4 N–H and O–H groups in total. The van der Waals surface area contributed by atoms with Crippen molar-refractivity contribution in [1.82, 2.24) is 0 Å². The summed E-state index contributed by atoms with van der Waals surface area (Å²) in [5.74, 6) is 0. The van der Waals surface area contributed by atoms with E-state index in [0.717, 1.165) is 0 Å². The monoisotopic (exact) mass is 98.0 g/mol. The Balaban J connectivity index is 0. The summed E-state index contributed by atoms with van der Waals surface area (Å²) in [5, 5.41) is 0. The van der Waals surface area contributed by atoms with Gasteiger partial charge in [-0.1, -0.05) is 0 Å². The van der Waals surface area contributed by atoms with E-state index in [1.807, 2.05) is 0 Å². The van der Waals surface area contributed by atoms with Crippen molar-refractivity contribution in [2.75, 3.05) is 0 Å². The van der Waals surface area contributed by atoms with Gasteiger partial charge in [0.05, 0.1) is 0 Å². The average Bonchev–Trinajstić information content (AvgIpc) is 0. The van der Waals surface area contributed by atoms with E-state index in [4.69, 9.17) is 0 Å². The molecule has 0 aromatic carbocycles. The predicted octanol–water partition coefficient (Wildman–Crippen LogP) is -7.64. The van der Waals surface area contributed by atoms with Crippen LogP contribution in [-0.4, -0.2) is 11.0 Å². The van der Waals surface area contributed by atoms with E-state index in [-0.39, 0.29) is 91.9 Å². The largest absolute Gasteiger partial charge is 1.00 e. The van der Waals surface area contributed by atoms with Crippen molar-refractivity contribution in [2.45, 2.75) is 0 Å².